The molecular formula is C16H13F4NO. The molecule has 0 radical (unpaired) electrons. The summed E-state index contributed by atoms with van der Waals surface area (Å²) in [6.45, 7) is 0.236. The first-order valence-corrected chi connectivity index (χ1v) is 6.52. The topological polar surface area (TPSA) is 29.1 Å². The van der Waals surface area contributed by atoms with Crippen molar-refractivity contribution in [3.63, 3.8) is 0 Å². The summed E-state index contributed by atoms with van der Waals surface area (Å²) in [5, 5.41) is 2.63. The molecule has 0 bridgehead atoms. The number of benzene rings is 2. The van der Waals surface area contributed by atoms with Gasteiger partial charge in [-0.15, -0.1) is 0 Å². The zero-order chi connectivity index (χ0) is 16.2. The summed E-state index contributed by atoms with van der Waals surface area (Å²) in [4.78, 5) is 11.7. The molecule has 2 rings (SSSR count). The second-order valence-electron chi connectivity index (χ2n) is 4.77. The fraction of sp³-hybridized carbons (Fsp3) is 0.188. The van der Waals surface area contributed by atoms with Crippen LogP contribution in [0, 0.1) is 5.82 Å². The van der Waals surface area contributed by atoms with Gasteiger partial charge in [0.25, 0.3) is 0 Å². The predicted molar refractivity (Wildman–Crippen MR) is 73.4 cm³/mol. The fourth-order valence-electron chi connectivity index (χ4n) is 1.86. The Morgan fingerprint density at radius 1 is 0.909 bits per heavy atom. The highest BCUT2D eigenvalue weighted by molar-refractivity contribution is 5.78. The number of carbonyl (C=O) groups excluding carboxylic acids is 1. The molecule has 2 nitrogen and oxygen atoms in total. The van der Waals surface area contributed by atoms with E-state index in [-0.39, 0.29) is 24.7 Å². The van der Waals surface area contributed by atoms with Crippen LogP contribution in [0.2, 0.25) is 0 Å². The van der Waals surface area contributed by atoms with Crippen LogP contribution in [0.15, 0.2) is 48.5 Å². The van der Waals surface area contributed by atoms with Crippen molar-refractivity contribution in [3.8, 4) is 0 Å². The van der Waals surface area contributed by atoms with Gasteiger partial charge in [0.1, 0.15) is 5.82 Å². The van der Waals surface area contributed by atoms with Crippen LogP contribution in [0.25, 0.3) is 0 Å². The summed E-state index contributed by atoms with van der Waals surface area (Å²) in [7, 11) is 0. The molecule has 1 N–H and O–H groups in total. The molecule has 0 fully saturated rings. The van der Waals surface area contributed by atoms with Gasteiger partial charge in [0.15, 0.2) is 0 Å². The normalized spacial score (nSPS) is 11.3. The van der Waals surface area contributed by atoms with E-state index >= 15 is 0 Å². The van der Waals surface area contributed by atoms with Gasteiger partial charge in [-0.2, -0.15) is 13.2 Å². The molecule has 22 heavy (non-hydrogen) atoms. The average Bonchev–Trinajstić information content (AvgIpc) is 2.46. The largest absolute Gasteiger partial charge is 0.416 e. The van der Waals surface area contributed by atoms with Crippen molar-refractivity contribution in [2.45, 2.75) is 19.1 Å². The monoisotopic (exact) mass is 311 g/mol. The first kappa shape index (κ1) is 16.0. The third-order valence-corrected chi connectivity index (χ3v) is 3.05. The maximum atomic E-state index is 12.7. The number of halogens is 4. The highest BCUT2D eigenvalue weighted by atomic mass is 19.4. The van der Waals surface area contributed by atoms with Gasteiger partial charge in [-0.1, -0.05) is 24.3 Å². The van der Waals surface area contributed by atoms with Gasteiger partial charge < -0.3 is 5.32 Å². The predicted octanol–water partition coefficient (Wildman–Crippen LogP) is 3.70. The summed E-state index contributed by atoms with van der Waals surface area (Å²) in [5.74, 6) is -0.677. The molecule has 0 saturated heterocycles. The first-order valence-electron chi connectivity index (χ1n) is 6.52. The van der Waals surface area contributed by atoms with E-state index < -0.39 is 11.7 Å². The van der Waals surface area contributed by atoms with Gasteiger partial charge in [0, 0.05) is 6.54 Å². The molecule has 0 aromatic heterocycles. The van der Waals surface area contributed by atoms with Crippen LogP contribution in [-0.2, 0) is 23.9 Å². The zero-order valence-electron chi connectivity index (χ0n) is 11.5. The molecule has 2 aromatic rings. The minimum Gasteiger partial charge on any atom is -0.352 e. The molecule has 0 atom stereocenters. The molecule has 0 saturated carbocycles. The number of alkyl halides is 3. The standard InChI is InChI=1S/C16H13F4NO/c17-14-7-3-12(4-8-14)10-21-15(22)9-11-1-5-13(6-2-11)16(18,19)20/h1-8H,9-10H2,(H,21,22). The van der Waals surface area contributed by atoms with Gasteiger partial charge in [-0.25, -0.2) is 4.39 Å². The van der Waals surface area contributed by atoms with Crippen LogP contribution >= 0.6 is 0 Å². The second kappa shape index (κ2) is 6.60. The van der Waals surface area contributed by atoms with Crippen molar-refractivity contribution in [1.29, 1.82) is 0 Å². The number of amides is 1. The van der Waals surface area contributed by atoms with Gasteiger partial charge >= 0.3 is 6.18 Å². The zero-order valence-corrected chi connectivity index (χ0v) is 11.5. The van der Waals surface area contributed by atoms with E-state index in [2.05, 4.69) is 5.32 Å². The number of hydrogen-bond acceptors (Lipinski definition) is 1. The van der Waals surface area contributed by atoms with Crippen molar-refractivity contribution < 1.29 is 22.4 Å². The first-order chi connectivity index (χ1) is 10.3. The van der Waals surface area contributed by atoms with Crippen LogP contribution in [0.1, 0.15) is 16.7 Å². The molecule has 0 unspecified atom stereocenters. The molecular weight excluding hydrogens is 298 g/mol. The van der Waals surface area contributed by atoms with E-state index in [1.165, 1.54) is 24.3 Å². The summed E-state index contributed by atoms with van der Waals surface area (Å²) >= 11 is 0. The van der Waals surface area contributed by atoms with Crippen LogP contribution < -0.4 is 5.32 Å². The lowest BCUT2D eigenvalue weighted by Crippen LogP contribution is -2.24. The van der Waals surface area contributed by atoms with E-state index in [1.807, 2.05) is 0 Å². The van der Waals surface area contributed by atoms with Crippen LogP contribution in [0.3, 0.4) is 0 Å². The molecule has 0 aliphatic rings. The minimum atomic E-state index is -4.39. The molecule has 0 aliphatic heterocycles. The number of nitrogens with one attached hydrogen (secondary N) is 1. The van der Waals surface area contributed by atoms with E-state index in [4.69, 9.17) is 0 Å². The van der Waals surface area contributed by atoms with Gasteiger partial charge in [0.05, 0.1) is 12.0 Å². The second-order valence-corrected chi connectivity index (χ2v) is 4.77. The molecule has 1 amide bonds. The van der Waals surface area contributed by atoms with E-state index in [9.17, 15) is 22.4 Å². The van der Waals surface area contributed by atoms with Crippen LogP contribution in [-0.4, -0.2) is 5.91 Å². The molecule has 0 spiro atoms. The fourth-order valence-corrected chi connectivity index (χ4v) is 1.86. The van der Waals surface area contributed by atoms with Crippen molar-refractivity contribution >= 4 is 5.91 Å². The van der Waals surface area contributed by atoms with Crippen molar-refractivity contribution in [2.75, 3.05) is 0 Å². The average molecular weight is 311 g/mol. The smallest absolute Gasteiger partial charge is 0.352 e. The molecule has 116 valence electrons. The number of hydrogen-bond donors (Lipinski definition) is 1. The van der Waals surface area contributed by atoms with E-state index in [1.54, 1.807) is 12.1 Å². The molecule has 2 aromatic carbocycles. The SMILES string of the molecule is O=C(Cc1ccc(C(F)(F)F)cc1)NCc1ccc(F)cc1. The van der Waals surface area contributed by atoms with E-state index in [0.717, 1.165) is 17.7 Å². The van der Waals surface area contributed by atoms with Gasteiger partial charge in [-0.05, 0) is 35.4 Å². The quantitative estimate of drug-likeness (QED) is 0.857. The van der Waals surface area contributed by atoms with Crippen molar-refractivity contribution in [3.05, 3.63) is 71.0 Å². The maximum Gasteiger partial charge on any atom is 0.416 e. The van der Waals surface area contributed by atoms with Crippen LogP contribution in [0.4, 0.5) is 17.6 Å². The minimum absolute atomic E-state index is 0.0146. The number of carbonyl (C=O) groups is 1. The summed E-state index contributed by atoms with van der Waals surface area (Å²) in [6, 6.07) is 10.1. The summed E-state index contributed by atoms with van der Waals surface area (Å²) in [6.07, 6.45) is -4.40. The lowest BCUT2D eigenvalue weighted by Gasteiger charge is -2.08. The Bertz CT molecular complexity index is 633. The Labute approximate surface area is 124 Å². The highest BCUT2D eigenvalue weighted by Gasteiger charge is 2.29. The Morgan fingerprint density at radius 3 is 2.00 bits per heavy atom. The Balaban J connectivity index is 1.88. The van der Waals surface area contributed by atoms with Crippen molar-refractivity contribution in [1.82, 2.24) is 5.32 Å². The molecule has 6 heteroatoms. The maximum absolute atomic E-state index is 12.7. The summed E-state index contributed by atoms with van der Waals surface area (Å²) in [5.41, 5.74) is 0.481. The Hall–Kier alpha value is -2.37. The van der Waals surface area contributed by atoms with Gasteiger partial charge in [-0.3, -0.25) is 4.79 Å². The lowest BCUT2D eigenvalue weighted by molar-refractivity contribution is -0.137. The van der Waals surface area contributed by atoms with Gasteiger partial charge in [0.2, 0.25) is 5.91 Å². The van der Waals surface area contributed by atoms with E-state index in [0.29, 0.717) is 5.56 Å². The Kier molecular flexibility index (Phi) is 4.80. The lowest BCUT2D eigenvalue weighted by atomic mass is 10.1. The highest BCUT2D eigenvalue weighted by Crippen LogP contribution is 2.29. The number of rotatable bonds is 4. The van der Waals surface area contributed by atoms with Crippen molar-refractivity contribution in [2.24, 2.45) is 0 Å². The Morgan fingerprint density at radius 2 is 1.45 bits per heavy atom. The molecule has 0 aliphatic carbocycles. The van der Waals surface area contributed by atoms with Crippen LogP contribution in [0.5, 0.6) is 0 Å². The third-order valence-electron chi connectivity index (χ3n) is 3.05. The summed E-state index contributed by atoms with van der Waals surface area (Å²) < 4.78 is 50.0. The third kappa shape index (κ3) is 4.58. The molecule has 0 heterocycles.